The van der Waals surface area contributed by atoms with Crippen LogP contribution in [-0.4, -0.2) is 35.4 Å². The minimum Gasteiger partial charge on any atom is -0.487 e. The number of nitrogens with zero attached hydrogens (tertiary/aromatic N) is 5. The van der Waals surface area contributed by atoms with Crippen molar-refractivity contribution in [2.45, 2.75) is 63.3 Å². The largest absolute Gasteiger partial charge is 0.487 e. The second-order valence-corrected chi connectivity index (χ2v) is 13.9. The van der Waals surface area contributed by atoms with Gasteiger partial charge in [0.05, 0.1) is 11.2 Å². The number of tetrazole rings is 1. The third kappa shape index (κ3) is 5.86. The molecule has 4 heterocycles. The van der Waals surface area contributed by atoms with Crippen molar-refractivity contribution in [3.8, 4) is 16.9 Å². The molecule has 3 aromatic heterocycles. The third-order valence-corrected chi connectivity index (χ3v) is 9.57. The van der Waals surface area contributed by atoms with E-state index in [0.717, 1.165) is 54.2 Å². The van der Waals surface area contributed by atoms with Crippen molar-refractivity contribution in [3.63, 3.8) is 0 Å². The van der Waals surface area contributed by atoms with Crippen LogP contribution < -0.4 is 4.74 Å². The maximum absolute atomic E-state index is 6.54. The molecule has 7 rings (SSSR count). The molecule has 0 fully saturated rings. The molecule has 0 radical (unpaired) electrons. The Morgan fingerprint density at radius 3 is 2.45 bits per heavy atom. The van der Waals surface area contributed by atoms with Gasteiger partial charge in [-0.3, -0.25) is 4.98 Å². The molecule has 1 unspecified atom stereocenters. The van der Waals surface area contributed by atoms with E-state index in [0.29, 0.717) is 11.9 Å². The van der Waals surface area contributed by atoms with Gasteiger partial charge in [-0.15, -0.1) is 22.0 Å². The highest BCUT2D eigenvalue weighted by molar-refractivity contribution is 8.00. The number of rotatable bonds is 10. The maximum Gasteiger partial charge on any atom is 0.175 e. The molecular formula is C36H36N6OS. The van der Waals surface area contributed by atoms with E-state index in [2.05, 4.69) is 125 Å². The van der Waals surface area contributed by atoms with Crippen LogP contribution in [0.25, 0.3) is 22.0 Å². The van der Waals surface area contributed by atoms with Gasteiger partial charge in [0.2, 0.25) is 0 Å². The number of hydrogen-bond acceptors (Lipinski definition) is 6. The smallest absolute Gasteiger partial charge is 0.175 e. The Balaban J connectivity index is 1.24. The molecule has 1 aliphatic rings. The predicted molar refractivity (Wildman–Crippen MR) is 176 cm³/mol. The van der Waals surface area contributed by atoms with Crippen molar-refractivity contribution in [1.29, 1.82) is 0 Å². The van der Waals surface area contributed by atoms with E-state index in [1.807, 2.05) is 24.0 Å². The molecule has 0 amide bonds. The highest BCUT2D eigenvalue weighted by Gasteiger charge is 2.32. The fraction of sp³-hybridized carbons (Fsp3) is 0.278. The number of ether oxygens (including phenoxy) is 1. The fourth-order valence-electron chi connectivity index (χ4n) is 6.29. The van der Waals surface area contributed by atoms with E-state index >= 15 is 0 Å². The predicted octanol–water partition coefficient (Wildman–Crippen LogP) is 7.69. The van der Waals surface area contributed by atoms with Crippen LogP contribution in [0.5, 0.6) is 5.75 Å². The van der Waals surface area contributed by atoms with Crippen LogP contribution in [0.2, 0.25) is 0 Å². The number of thioether (sulfide) groups is 1. The third-order valence-electron chi connectivity index (χ3n) is 8.33. The molecule has 44 heavy (non-hydrogen) atoms. The van der Waals surface area contributed by atoms with E-state index in [4.69, 9.17) is 9.72 Å². The Bertz CT molecular complexity index is 1870. The molecule has 7 nitrogen and oxygen atoms in total. The van der Waals surface area contributed by atoms with Crippen molar-refractivity contribution in [2.75, 3.05) is 0 Å². The lowest BCUT2D eigenvalue weighted by Gasteiger charge is -2.26. The van der Waals surface area contributed by atoms with Gasteiger partial charge in [0.25, 0.3) is 0 Å². The van der Waals surface area contributed by atoms with Gasteiger partial charge >= 0.3 is 0 Å². The van der Waals surface area contributed by atoms with Crippen molar-refractivity contribution in [2.24, 2.45) is 5.41 Å². The molecule has 1 N–H and O–H groups in total. The first-order valence-electron chi connectivity index (χ1n) is 15.2. The van der Waals surface area contributed by atoms with Gasteiger partial charge in [-0.1, -0.05) is 92.7 Å². The highest BCUT2D eigenvalue weighted by Crippen LogP contribution is 2.48. The monoisotopic (exact) mass is 600 g/mol. The standard InChI is InChI=1S/C36H36N6OS/c1-24-18-29-32(43-23-28-15-14-27(21-37-28)26-12-8-5-9-13-26)17-16-30-34(29)35(44-24)31(42(30)22-25-10-6-4-7-11-25)19-36(2,3)20-33-38-40-41-39-33/h4-17,21,24H,18-20,22-23H2,1-3H3,(H,38,39,40,41). The molecule has 0 aliphatic carbocycles. The molecule has 3 aromatic carbocycles. The summed E-state index contributed by atoms with van der Waals surface area (Å²) in [4.78, 5) is 6.10. The zero-order chi connectivity index (χ0) is 30.1. The minimum atomic E-state index is -0.0679. The number of H-pyrrole nitrogens is 1. The lowest BCUT2D eigenvalue weighted by molar-refractivity contribution is 0.298. The minimum absolute atomic E-state index is 0.0679. The Morgan fingerprint density at radius 2 is 1.73 bits per heavy atom. The van der Waals surface area contributed by atoms with E-state index in [-0.39, 0.29) is 5.41 Å². The van der Waals surface area contributed by atoms with Crippen molar-refractivity contribution >= 4 is 22.7 Å². The van der Waals surface area contributed by atoms with Gasteiger partial charge in [0, 0.05) is 51.5 Å². The summed E-state index contributed by atoms with van der Waals surface area (Å²) in [6, 6.07) is 29.7. The molecular weight excluding hydrogens is 565 g/mol. The molecule has 0 spiro atoms. The molecule has 1 aliphatic heterocycles. The number of nitrogens with one attached hydrogen (secondary N) is 1. The second kappa shape index (κ2) is 11.9. The van der Waals surface area contributed by atoms with Crippen LogP contribution in [0.4, 0.5) is 0 Å². The Morgan fingerprint density at radius 1 is 0.932 bits per heavy atom. The van der Waals surface area contributed by atoms with Gasteiger partial charge in [-0.2, -0.15) is 5.21 Å². The SMILES string of the molecule is CC1Cc2c(OCc3ccc(-c4ccccc4)cn3)ccc3c2c(c(CC(C)(C)Cc2nn[nH]n2)n3Cc2ccccc2)S1. The van der Waals surface area contributed by atoms with Crippen LogP contribution in [-0.2, 0) is 32.4 Å². The summed E-state index contributed by atoms with van der Waals surface area (Å²) in [6.07, 6.45) is 4.54. The molecule has 0 saturated carbocycles. The van der Waals surface area contributed by atoms with Gasteiger partial charge < -0.3 is 9.30 Å². The van der Waals surface area contributed by atoms with Crippen molar-refractivity contribution in [3.05, 3.63) is 119 Å². The lowest BCUT2D eigenvalue weighted by atomic mass is 9.84. The summed E-state index contributed by atoms with van der Waals surface area (Å²) in [5.74, 6) is 1.70. The topological polar surface area (TPSA) is 81.5 Å². The number of pyridine rings is 1. The second-order valence-electron chi connectivity index (χ2n) is 12.5. The van der Waals surface area contributed by atoms with Gasteiger partial charge in [-0.05, 0) is 47.6 Å². The van der Waals surface area contributed by atoms with Crippen LogP contribution in [0.1, 0.15) is 49.1 Å². The van der Waals surface area contributed by atoms with E-state index in [1.54, 1.807) is 0 Å². The van der Waals surface area contributed by atoms with Gasteiger partial charge in [-0.25, -0.2) is 0 Å². The van der Waals surface area contributed by atoms with E-state index < -0.39 is 0 Å². The average Bonchev–Trinajstić information content (AvgIpc) is 3.64. The van der Waals surface area contributed by atoms with Gasteiger partial charge in [0.15, 0.2) is 5.82 Å². The summed E-state index contributed by atoms with van der Waals surface area (Å²) in [5, 5.41) is 16.7. The zero-order valence-corrected chi connectivity index (χ0v) is 26.1. The molecule has 0 bridgehead atoms. The quantitative estimate of drug-likeness (QED) is 0.174. The van der Waals surface area contributed by atoms with Crippen molar-refractivity contribution < 1.29 is 4.74 Å². The Kier molecular flexibility index (Phi) is 7.68. The van der Waals surface area contributed by atoms with Crippen molar-refractivity contribution in [1.82, 2.24) is 30.2 Å². The van der Waals surface area contributed by atoms with Crippen LogP contribution >= 0.6 is 11.8 Å². The summed E-state index contributed by atoms with van der Waals surface area (Å²) in [5.41, 5.74) is 8.34. The first-order valence-corrected chi connectivity index (χ1v) is 16.0. The maximum atomic E-state index is 6.54. The molecule has 8 heteroatoms. The number of aromatic nitrogens is 6. The molecule has 0 saturated heterocycles. The molecule has 222 valence electrons. The lowest BCUT2D eigenvalue weighted by Crippen LogP contribution is -2.22. The summed E-state index contributed by atoms with van der Waals surface area (Å²) >= 11 is 2.00. The summed E-state index contributed by atoms with van der Waals surface area (Å²) in [7, 11) is 0. The zero-order valence-electron chi connectivity index (χ0n) is 25.3. The normalized spacial score (nSPS) is 14.7. The highest BCUT2D eigenvalue weighted by atomic mass is 32.2. The van der Waals surface area contributed by atoms with Crippen LogP contribution in [0.15, 0.2) is 96.0 Å². The Hall–Kier alpha value is -4.43. The number of aromatic amines is 1. The fourth-order valence-corrected chi connectivity index (χ4v) is 7.60. The summed E-state index contributed by atoms with van der Waals surface area (Å²) in [6.45, 7) is 8.16. The van der Waals surface area contributed by atoms with E-state index in [1.165, 1.54) is 32.6 Å². The first kappa shape index (κ1) is 28.3. The van der Waals surface area contributed by atoms with E-state index in [9.17, 15) is 0 Å². The average molecular weight is 601 g/mol. The summed E-state index contributed by atoms with van der Waals surface area (Å²) < 4.78 is 9.06. The number of benzene rings is 3. The molecule has 1 atom stereocenters. The first-order chi connectivity index (χ1) is 21.4. The van der Waals surface area contributed by atoms with Gasteiger partial charge in [0.1, 0.15) is 12.4 Å². The van der Waals surface area contributed by atoms with Crippen LogP contribution in [0, 0.1) is 5.41 Å². The Labute approximate surface area is 262 Å². The number of hydrogen-bond donors (Lipinski definition) is 1. The molecule has 6 aromatic rings. The van der Waals surface area contributed by atoms with Crippen LogP contribution in [0.3, 0.4) is 0 Å².